The Morgan fingerprint density at radius 2 is 2.05 bits per heavy atom. The van der Waals surface area contributed by atoms with Crippen LogP contribution < -0.4 is 10.5 Å². The third kappa shape index (κ3) is 2.99. The van der Waals surface area contributed by atoms with Crippen molar-refractivity contribution < 1.29 is 4.74 Å². The van der Waals surface area contributed by atoms with Crippen molar-refractivity contribution in [1.82, 2.24) is 15.2 Å². The van der Waals surface area contributed by atoms with Crippen molar-refractivity contribution in [3.8, 4) is 17.1 Å². The molecule has 1 heterocycles. The van der Waals surface area contributed by atoms with E-state index in [9.17, 15) is 0 Å². The molecule has 0 amide bonds. The van der Waals surface area contributed by atoms with Gasteiger partial charge in [-0.15, -0.1) is 0 Å². The average molecular weight is 274 g/mol. The number of hydrogen-bond donors (Lipinski definition) is 2. The van der Waals surface area contributed by atoms with E-state index in [1.807, 2.05) is 12.1 Å². The highest BCUT2D eigenvalue weighted by Crippen LogP contribution is 2.34. The van der Waals surface area contributed by atoms with E-state index >= 15 is 0 Å². The topological polar surface area (TPSA) is 76.8 Å². The van der Waals surface area contributed by atoms with E-state index in [4.69, 9.17) is 10.5 Å². The summed E-state index contributed by atoms with van der Waals surface area (Å²) < 4.78 is 5.44. The molecular weight excluding hydrogens is 252 g/mol. The summed E-state index contributed by atoms with van der Waals surface area (Å²) in [5.74, 6) is 2.40. The molecule has 0 atom stereocenters. The van der Waals surface area contributed by atoms with Crippen LogP contribution in [0.25, 0.3) is 11.4 Å². The van der Waals surface area contributed by atoms with Crippen LogP contribution in [-0.4, -0.2) is 28.8 Å². The number of H-pyrrole nitrogens is 1. The lowest BCUT2D eigenvalue weighted by molar-refractivity contribution is 0.397. The van der Waals surface area contributed by atoms with E-state index in [1.165, 1.54) is 0 Å². The molecule has 2 rings (SSSR count). The number of aromatic nitrogens is 3. The van der Waals surface area contributed by atoms with Crippen LogP contribution in [0.1, 0.15) is 32.2 Å². The minimum atomic E-state index is -0.00223. The van der Waals surface area contributed by atoms with E-state index in [-0.39, 0.29) is 5.41 Å². The Balaban J connectivity index is 2.42. The smallest absolute Gasteiger partial charge is 0.181 e. The van der Waals surface area contributed by atoms with Crippen LogP contribution in [-0.2, 0) is 11.8 Å². The van der Waals surface area contributed by atoms with Crippen molar-refractivity contribution in [1.29, 1.82) is 0 Å². The Bertz CT molecular complexity index is 584. The van der Waals surface area contributed by atoms with Crippen molar-refractivity contribution in [2.75, 3.05) is 13.7 Å². The van der Waals surface area contributed by atoms with Gasteiger partial charge in [-0.05, 0) is 30.2 Å². The lowest BCUT2D eigenvalue weighted by Crippen LogP contribution is -2.13. The first kappa shape index (κ1) is 14.5. The van der Waals surface area contributed by atoms with Crippen LogP contribution in [0.2, 0.25) is 0 Å². The SMILES string of the molecule is COc1ccc(-c2n[nH]c(CCN)n2)cc1C(C)(C)C. The van der Waals surface area contributed by atoms with Gasteiger partial charge in [0, 0.05) is 17.5 Å². The minimum Gasteiger partial charge on any atom is -0.496 e. The molecule has 3 N–H and O–H groups in total. The highest BCUT2D eigenvalue weighted by Gasteiger charge is 2.20. The van der Waals surface area contributed by atoms with Gasteiger partial charge in [0.05, 0.1) is 7.11 Å². The van der Waals surface area contributed by atoms with Crippen molar-refractivity contribution in [2.24, 2.45) is 5.73 Å². The van der Waals surface area contributed by atoms with Gasteiger partial charge in [-0.1, -0.05) is 20.8 Å². The highest BCUT2D eigenvalue weighted by molar-refractivity contribution is 5.59. The summed E-state index contributed by atoms with van der Waals surface area (Å²) in [6.07, 6.45) is 0.704. The van der Waals surface area contributed by atoms with Crippen LogP contribution in [0.5, 0.6) is 5.75 Å². The van der Waals surface area contributed by atoms with Gasteiger partial charge in [-0.3, -0.25) is 5.10 Å². The van der Waals surface area contributed by atoms with Gasteiger partial charge in [-0.2, -0.15) is 5.10 Å². The van der Waals surface area contributed by atoms with Crippen molar-refractivity contribution in [3.63, 3.8) is 0 Å². The maximum atomic E-state index is 5.52. The molecule has 2 aromatic rings. The van der Waals surface area contributed by atoms with Gasteiger partial charge < -0.3 is 10.5 Å². The molecule has 0 aliphatic rings. The Kier molecular flexibility index (Phi) is 4.09. The van der Waals surface area contributed by atoms with Gasteiger partial charge in [0.25, 0.3) is 0 Å². The molecule has 5 heteroatoms. The molecule has 0 unspecified atom stereocenters. The largest absolute Gasteiger partial charge is 0.496 e. The van der Waals surface area contributed by atoms with Crippen molar-refractivity contribution >= 4 is 0 Å². The standard InChI is InChI=1S/C15H22N4O/c1-15(2,3)11-9-10(5-6-12(11)20-4)14-17-13(7-8-16)18-19-14/h5-6,9H,7-8,16H2,1-4H3,(H,17,18,19). The number of benzene rings is 1. The average Bonchev–Trinajstić information content (AvgIpc) is 2.86. The first-order chi connectivity index (χ1) is 9.45. The second kappa shape index (κ2) is 5.63. The molecule has 0 aliphatic heterocycles. The predicted molar refractivity (Wildman–Crippen MR) is 79.8 cm³/mol. The summed E-state index contributed by atoms with van der Waals surface area (Å²) >= 11 is 0. The van der Waals surface area contributed by atoms with Crippen LogP contribution >= 0.6 is 0 Å². The fraction of sp³-hybridized carbons (Fsp3) is 0.467. The lowest BCUT2D eigenvalue weighted by Gasteiger charge is -2.22. The van der Waals surface area contributed by atoms with Crippen LogP contribution in [0.3, 0.4) is 0 Å². The number of nitrogens with two attached hydrogens (primary N) is 1. The lowest BCUT2D eigenvalue weighted by atomic mass is 9.85. The maximum absolute atomic E-state index is 5.52. The molecule has 5 nitrogen and oxygen atoms in total. The normalized spacial score (nSPS) is 11.7. The maximum Gasteiger partial charge on any atom is 0.181 e. The van der Waals surface area contributed by atoms with E-state index in [1.54, 1.807) is 7.11 Å². The predicted octanol–water partition coefficient (Wildman–Crippen LogP) is 2.28. The summed E-state index contributed by atoms with van der Waals surface area (Å²) in [4.78, 5) is 4.46. The number of aromatic amines is 1. The molecule has 20 heavy (non-hydrogen) atoms. The Hall–Kier alpha value is -1.88. The van der Waals surface area contributed by atoms with E-state index in [0.717, 1.165) is 22.7 Å². The summed E-state index contributed by atoms with van der Waals surface area (Å²) in [7, 11) is 1.69. The Morgan fingerprint density at radius 1 is 1.30 bits per heavy atom. The molecule has 0 spiro atoms. The minimum absolute atomic E-state index is 0.00223. The molecule has 0 saturated carbocycles. The van der Waals surface area contributed by atoms with Crippen molar-refractivity contribution in [2.45, 2.75) is 32.6 Å². The molecule has 0 aliphatic carbocycles. The first-order valence-corrected chi connectivity index (χ1v) is 6.76. The fourth-order valence-electron chi connectivity index (χ4n) is 2.11. The Morgan fingerprint density at radius 3 is 2.65 bits per heavy atom. The summed E-state index contributed by atoms with van der Waals surface area (Å²) in [6.45, 7) is 7.04. The summed E-state index contributed by atoms with van der Waals surface area (Å²) in [5.41, 5.74) is 7.64. The fourth-order valence-corrected chi connectivity index (χ4v) is 2.11. The summed E-state index contributed by atoms with van der Waals surface area (Å²) in [5, 5.41) is 7.17. The van der Waals surface area contributed by atoms with Crippen molar-refractivity contribution in [3.05, 3.63) is 29.6 Å². The van der Waals surface area contributed by atoms with Crippen LogP contribution in [0.15, 0.2) is 18.2 Å². The van der Waals surface area contributed by atoms with Gasteiger partial charge in [-0.25, -0.2) is 4.98 Å². The zero-order valence-electron chi connectivity index (χ0n) is 12.5. The Labute approximate surface area is 119 Å². The molecule has 1 aromatic heterocycles. The van der Waals surface area contributed by atoms with E-state index in [0.29, 0.717) is 18.8 Å². The van der Waals surface area contributed by atoms with Gasteiger partial charge in [0.1, 0.15) is 11.6 Å². The number of hydrogen-bond acceptors (Lipinski definition) is 4. The first-order valence-electron chi connectivity index (χ1n) is 6.76. The zero-order chi connectivity index (χ0) is 14.8. The monoisotopic (exact) mass is 274 g/mol. The van der Waals surface area contributed by atoms with Gasteiger partial charge in [0.15, 0.2) is 5.82 Å². The number of nitrogens with one attached hydrogen (secondary N) is 1. The molecule has 1 aromatic carbocycles. The summed E-state index contributed by atoms with van der Waals surface area (Å²) in [6, 6.07) is 6.03. The molecule has 0 bridgehead atoms. The van der Waals surface area contributed by atoms with Gasteiger partial charge in [0.2, 0.25) is 0 Å². The number of rotatable bonds is 4. The second-order valence-corrected chi connectivity index (χ2v) is 5.81. The van der Waals surface area contributed by atoms with E-state index < -0.39 is 0 Å². The van der Waals surface area contributed by atoms with Crippen LogP contribution in [0, 0.1) is 0 Å². The highest BCUT2D eigenvalue weighted by atomic mass is 16.5. The molecule has 0 radical (unpaired) electrons. The van der Waals surface area contributed by atoms with Gasteiger partial charge >= 0.3 is 0 Å². The molecular formula is C15H22N4O. The quantitative estimate of drug-likeness (QED) is 0.896. The third-order valence-electron chi connectivity index (χ3n) is 3.18. The van der Waals surface area contributed by atoms with E-state index in [2.05, 4.69) is 42.0 Å². The number of nitrogens with zero attached hydrogens (tertiary/aromatic N) is 2. The second-order valence-electron chi connectivity index (χ2n) is 5.81. The molecule has 0 fully saturated rings. The van der Waals surface area contributed by atoms with Crippen LogP contribution in [0.4, 0.5) is 0 Å². The number of ether oxygens (including phenoxy) is 1. The molecule has 0 saturated heterocycles. The number of methoxy groups -OCH3 is 1. The molecule has 108 valence electrons. The third-order valence-corrected chi connectivity index (χ3v) is 3.18. The zero-order valence-corrected chi connectivity index (χ0v) is 12.5.